The molecule has 5 nitrogen and oxygen atoms in total. The fourth-order valence-electron chi connectivity index (χ4n) is 1.75. The van der Waals surface area contributed by atoms with E-state index in [2.05, 4.69) is 15.5 Å². The normalized spacial score (nSPS) is 10.8. The first-order valence-electron chi connectivity index (χ1n) is 6.16. The van der Waals surface area contributed by atoms with E-state index in [1.165, 1.54) is 0 Å². The van der Waals surface area contributed by atoms with E-state index in [-0.39, 0.29) is 6.61 Å². The molecule has 0 saturated heterocycles. The quantitative estimate of drug-likeness (QED) is 0.748. The molecule has 0 aliphatic rings. The molecular formula is C13H18N4O. The molecule has 96 valence electrons. The zero-order chi connectivity index (χ0) is 12.8. The van der Waals surface area contributed by atoms with Gasteiger partial charge in [0.15, 0.2) is 0 Å². The maximum absolute atomic E-state index is 8.78. The highest BCUT2D eigenvalue weighted by Gasteiger charge is 2.11. The van der Waals surface area contributed by atoms with Gasteiger partial charge in [0.1, 0.15) is 11.4 Å². The van der Waals surface area contributed by atoms with E-state index in [1.54, 1.807) is 4.80 Å². The van der Waals surface area contributed by atoms with Crippen LogP contribution in [0.5, 0.6) is 0 Å². The van der Waals surface area contributed by atoms with E-state index >= 15 is 0 Å². The third kappa shape index (κ3) is 2.94. The van der Waals surface area contributed by atoms with Crippen LogP contribution in [-0.4, -0.2) is 33.3 Å². The van der Waals surface area contributed by atoms with Gasteiger partial charge in [0.25, 0.3) is 0 Å². The van der Waals surface area contributed by atoms with Crippen LogP contribution in [-0.2, 0) is 13.1 Å². The largest absolute Gasteiger partial charge is 0.395 e. The molecule has 2 rings (SSSR count). The van der Waals surface area contributed by atoms with Crippen molar-refractivity contribution in [1.29, 1.82) is 0 Å². The Morgan fingerprint density at radius 3 is 2.67 bits per heavy atom. The van der Waals surface area contributed by atoms with Crippen LogP contribution in [0.25, 0.3) is 11.3 Å². The Hall–Kier alpha value is -1.72. The number of aliphatic hydroxyl groups is 1. The first-order chi connectivity index (χ1) is 8.85. The highest BCUT2D eigenvalue weighted by atomic mass is 16.3. The van der Waals surface area contributed by atoms with E-state index in [4.69, 9.17) is 5.11 Å². The summed E-state index contributed by atoms with van der Waals surface area (Å²) in [6.07, 6.45) is 0. The molecule has 18 heavy (non-hydrogen) atoms. The van der Waals surface area contributed by atoms with Crippen LogP contribution in [0.1, 0.15) is 12.6 Å². The molecule has 2 N–H and O–H groups in total. The minimum Gasteiger partial charge on any atom is -0.395 e. The summed E-state index contributed by atoms with van der Waals surface area (Å²) in [4.78, 5) is 1.69. The van der Waals surface area contributed by atoms with Crippen LogP contribution in [0.3, 0.4) is 0 Å². The van der Waals surface area contributed by atoms with Gasteiger partial charge in [0, 0.05) is 18.7 Å². The van der Waals surface area contributed by atoms with Gasteiger partial charge in [0.05, 0.1) is 13.2 Å². The van der Waals surface area contributed by atoms with Crippen LogP contribution in [0, 0.1) is 0 Å². The van der Waals surface area contributed by atoms with Crippen molar-refractivity contribution in [2.24, 2.45) is 0 Å². The first kappa shape index (κ1) is 12.7. The van der Waals surface area contributed by atoms with Crippen molar-refractivity contribution in [2.45, 2.75) is 20.0 Å². The first-order valence-corrected chi connectivity index (χ1v) is 6.16. The Morgan fingerprint density at radius 2 is 2.00 bits per heavy atom. The number of hydrogen-bond acceptors (Lipinski definition) is 4. The second-order valence-electron chi connectivity index (χ2n) is 3.95. The molecule has 0 fully saturated rings. The van der Waals surface area contributed by atoms with Gasteiger partial charge in [-0.15, -0.1) is 0 Å². The molecule has 0 aliphatic carbocycles. The van der Waals surface area contributed by atoms with Gasteiger partial charge in [-0.1, -0.05) is 30.3 Å². The smallest absolute Gasteiger partial charge is 0.117 e. The Kier molecular flexibility index (Phi) is 4.44. The van der Waals surface area contributed by atoms with Crippen LogP contribution >= 0.6 is 0 Å². The van der Waals surface area contributed by atoms with Gasteiger partial charge in [0.2, 0.25) is 0 Å². The predicted molar refractivity (Wildman–Crippen MR) is 69.9 cm³/mol. The van der Waals surface area contributed by atoms with Crippen molar-refractivity contribution in [3.8, 4) is 11.3 Å². The maximum Gasteiger partial charge on any atom is 0.117 e. The average Bonchev–Trinajstić information content (AvgIpc) is 2.83. The second kappa shape index (κ2) is 6.28. The number of aliphatic hydroxyl groups excluding tert-OH is 1. The molecule has 0 spiro atoms. The van der Waals surface area contributed by atoms with E-state index < -0.39 is 0 Å². The number of hydrogen-bond donors (Lipinski definition) is 2. The molecule has 0 aliphatic heterocycles. The average molecular weight is 246 g/mol. The van der Waals surface area contributed by atoms with E-state index in [9.17, 15) is 0 Å². The summed E-state index contributed by atoms with van der Waals surface area (Å²) < 4.78 is 0. The number of rotatable bonds is 6. The number of benzene rings is 1. The third-order valence-electron chi connectivity index (χ3n) is 2.64. The standard InChI is InChI=1S/C13H18N4O/c1-2-17-15-12(10-14-8-9-18)13(16-17)11-6-4-3-5-7-11/h3-7,14,18H,2,8-10H2,1H3. The van der Waals surface area contributed by atoms with Crippen LogP contribution in [0.2, 0.25) is 0 Å². The zero-order valence-electron chi connectivity index (χ0n) is 10.5. The lowest BCUT2D eigenvalue weighted by atomic mass is 10.1. The summed E-state index contributed by atoms with van der Waals surface area (Å²) in [5.74, 6) is 0. The molecule has 0 bridgehead atoms. The molecule has 2 aromatic rings. The monoisotopic (exact) mass is 246 g/mol. The Bertz CT molecular complexity index is 481. The van der Waals surface area contributed by atoms with Crippen molar-refractivity contribution in [3.05, 3.63) is 36.0 Å². The van der Waals surface area contributed by atoms with Crippen LogP contribution in [0.15, 0.2) is 30.3 Å². The minimum atomic E-state index is 0.128. The van der Waals surface area contributed by atoms with Crippen LogP contribution < -0.4 is 5.32 Å². The van der Waals surface area contributed by atoms with Crippen molar-refractivity contribution in [1.82, 2.24) is 20.3 Å². The number of nitrogens with one attached hydrogen (secondary N) is 1. The Morgan fingerprint density at radius 1 is 1.22 bits per heavy atom. The van der Waals surface area contributed by atoms with E-state index in [1.807, 2.05) is 37.3 Å². The lowest BCUT2D eigenvalue weighted by Gasteiger charge is -2.01. The van der Waals surface area contributed by atoms with Crippen molar-refractivity contribution in [2.75, 3.05) is 13.2 Å². The van der Waals surface area contributed by atoms with Crippen molar-refractivity contribution >= 4 is 0 Å². The topological polar surface area (TPSA) is 63.0 Å². The molecule has 1 aromatic heterocycles. The molecule has 1 aromatic carbocycles. The lowest BCUT2D eigenvalue weighted by molar-refractivity contribution is 0.291. The van der Waals surface area contributed by atoms with Gasteiger partial charge in [-0.25, -0.2) is 0 Å². The SMILES string of the molecule is CCn1nc(CNCCO)c(-c2ccccc2)n1. The highest BCUT2D eigenvalue weighted by molar-refractivity contribution is 5.60. The Labute approximate surface area is 106 Å². The predicted octanol–water partition coefficient (Wildman–Crippen LogP) is 1.05. The fourth-order valence-corrected chi connectivity index (χ4v) is 1.75. The number of aryl methyl sites for hydroxylation is 1. The molecule has 1 heterocycles. The summed E-state index contributed by atoms with van der Waals surface area (Å²) >= 11 is 0. The minimum absolute atomic E-state index is 0.128. The maximum atomic E-state index is 8.78. The molecule has 0 saturated carbocycles. The summed E-state index contributed by atoms with van der Waals surface area (Å²) in [6, 6.07) is 10.0. The van der Waals surface area contributed by atoms with Gasteiger partial charge in [-0.2, -0.15) is 15.0 Å². The molecular weight excluding hydrogens is 228 g/mol. The number of aromatic nitrogens is 3. The summed E-state index contributed by atoms with van der Waals surface area (Å²) in [6.45, 7) is 4.07. The third-order valence-corrected chi connectivity index (χ3v) is 2.64. The van der Waals surface area contributed by atoms with Crippen LogP contribution in [0.4, 0.5) is 0 Å². The van der Waals surface area contributed by atoms with Gasteiger partial charge in [-0.3, -0.25) is 0 Å². The molecule has 5 heteroatoms. The zero-order valence-corrected chi connectivity index (χ0v) is 10.5. The van der Waals surface area contributed by atoms with Gasteiger partial charge < -0.3 is 10.4 Å². The molecule has 0 amide bonds. The van der Waals surface area contributed by atoms with Crippen molar-refractivity contribution < 1.29 is 5.11 Å². The second-order valence-corrected chi connectivity index (χ2v) is 3.95. The summed E-state index contributed by atoms with van der Waals surface area (Å²) in [5.41, 5.74) is 2.89. The van der Waals surface area contributed by atoms with Gasteiger partial charge >= 0.3 is 0 Å². The molecule has 0 radical (unpaired) electrons. The molecule has 0 atom stereocenters. The summed E-state index contributed by atoms with van der Waals surface area (Å²) in [7, 11) is 0. The van der Waals surface area contributed by atoms with E-state index in [0.29, 0.717) is 13.1 Å². The van der Waals surface area contributed by atoms with Gasteiger partial charge in [-0.05, 0) is 6.92 Å². The van der Waals surface area contributed by atoms with E-state index in [0.717, 1.165) is 23.5 Å². The van der Waals surface area contributed by atoms with Crippen molar-refractivity contribution in [3.63, 3.8) is 0 Å². The lowest BCUT2D eigenvalue weighted by Crippen LogP contribution is -2.18. The Balaban J connectivity index is 2.24. The molecule has 0 unspecified atom stereocenters. The summed E-state index contributed by atoms with van der Waals surface area (Å²) in [5, 5.41) is 20.8. The fraction of sp³-hybridized carbons (Fsp3) is 0.385. The highest BCUT2D eigenvalue weighted by Crippen LogP contribution is 2.19. The number of nitrogens with zero attached hydrogens (tertiary/aromatic N) is 3.